The third-order valence-electron chi connectivity index (χ3n) is 5.94. The van der Waals surface area contributed by atoms with Crippen molar-refractivity contribution in [2.24, 2.45) is 0 Å². The molecule has 4 rings (SSSR count). The highest BCUT2D eigenvalue weighted by Gasteiger charge is 2.38. The van der Waals surface area contributed by atoms with E-state index >= 15 is 0 Å². The second kappa shape index (κ2) is 9.77. The average Bonchev–Trinajstić information content (AvgIpc) is 3.11. The monoisotopic (exact) mass is 450 g/mol. The summed E-state index contributed by atoms with van der Waals surface area (Å²) in [6.07, 6.45) is 6.55. The highest BCUT2D eigenvalue weighted by Crippen LogP contribution is 2.31. The molecule has 0 bridgehead atoms. The third kappa shape index (κ3) is 5.00. The van der Waals surface area contributed by atoms with Crippen LogP contribution in [-0.2, 0) is 11.4 Å². The fraction of sp³-hybridized carbons (Fsp3) is 0.320. The van der Waals surface area contributed by atoms with Gasteiger partial charge in [0.15, 0.2) is 11.5 Å². The van der Waals surface area contributed by atoms with E-state index in [2.05, 4.69) is 5.32 Å². The van der Waals surface area contributed by atoms with Crippen LogP contribution < -0.4 is 14.8 Å². The molecule has 2 aromatic carbocycles. The zero-order valence-electron chi connectivity index (χ0n) is 18.4. The van der Waals surface area contributed by atoms with E-state index in [0.29, 0.717) is 17.1 Å². The molecule has 1 aliphatic heterocycles. The number of imide groups is 1. The molecule has 3 amide bonds. The predicted molar refractivity (Wildman–Crippen MR) is 121 cm³/mol. The SMILES string of the molecule is COc1cc(/C=C2\NC(=O)N(C3CCCCC3)C2=O)ccc1OCc1ccc(C(=O)O)cc1. The first-order valence-electron chi connectivity index (χ1n) is 11.0. The number of benzene rings is 2. The molecular formula is C25H26N2O6. The minimum Gasteiger partial charge on any atom is -0.493 e. The van der Waals surface area contributed by atoms with Gasteiger partial charge in [-0.2, -0.15) is 0 Å². The highest BCUT2D eigenvalue weighted by atomic mass is 16.5. The summed E-state index contributed by atoms with van der Waals surface area (Å²) in [5.74, 6) is -0.288. The Labute approximate surface area is 191 Å². The quantitative estimate of drug-likeness (QED) is 0.484. The molecule has 0 atom stereocenters. The van der Waals surface area contributed by atoms with Crippen LogP contribution in [0, 0.1) is 0 Å². The number of aromatic carboxylic acids is 1. The van der Waals surface area contributed by atoms with Crippen molar-refractivity contribution >= 4 is 24.0 Å². The van der Waals surface area contributed by atoms with Crippen LogP contribution in [0.1, 0.15) is 53.6 Å². The molecule has 8 nitrogen and oxygen atoms in total. The van der Waals surface area contributed by atoms with Crippen LogP contribution in [0.3, 0.4) is 0 Å². The van der Waals surface area contributed by atoms with Crippen molar-refractivity contribution in [1.82, 2.24) is 10.2 Å². The van der Waals surface area contributed by atoms with Gasteiger partial charge in [0.05, 0.1) is 12.7 Å². The number of carboxylic acids is 1. The summed E-state index contributed by atoms with van der Waals surface area (Å²) >= 11 is 0. The summed E-state index contributed by atoms with van der Waals surface area (Å²) in [4.78, 5) is 37.6. The Morgan fingerprint density at radius 3 is 2.48 bits per heavy atom. The number of carboxylic acid groups (broad SMARTS) is 1. The summed E-state index contributed by atoms with van der Waals surface area (Å²) in [6.45, 7) is 0.238. The second-order valence-corrected chi connectivity index (χ2v) is 8.16. The van der Waals surface area contributed by atoms with Gasteiger partial charge in [0, 0.05) is 6.04 Å². The van der Waals surface area contributed by atoms with Crippen LogP contribution in [-0.4, -0.2) is 41.1 Å². The number of carbonyl (C=O) groups excluding carboxylic acids is 2. The van der Waals surface area contributed by atoms with E-state index in [4.69, 9.17) is 14.6 Å². The van der Waals surface area contributed by atoms with Gasteiger partial charge in [-0.3, -0.25) is 9.69 Å². The van der Waals surface area contributed by atoms with Gasteiger partial charge in [-0.15, -0.1) is 0 Å². The number of urea groups is 1. The maximum absolute atomic E-state index is 12.8. The lowest BCUT2D eigenvalue weighted by molar-refractivity contribution is -0.124. The summed E-state index contributed by atoms with van der Waals surface area (Å²) in [5.41, 5.74) is 1.97. The minimum absolute atomic E-state index is 0.0352. The van der Waals surface area contributed by atoms with E-state index in [1.807, 2.05) is 0 Å². The van der Waals surface area contributed by atoms with Gasteiger partial charge in [0.1, 0.15) is 12.3 Å². The lowest BCUT2D eigenvalue weighted by atomic mass is 9.94. The molecule has 33 heavy (non-hydrogen) atoms. The van der Waals surface area contributed by atoms with Crippen LogP contribution >= 0.6 is 0 Å². The number of nitrogens with one attached hydrogen (secondary N) is 1. The minimum atomic E-state index is -0.979. The second-order valence-electron chi connectivity index (χ2n) is 8.16. The number of amides is 3. The molecule has 2 N–H and O–H groups in total. The van der Waals surface area contributed by atoms with Crippen LogP contribution in [0.5, 0.6) is 11.5 Å². The summed E-state index contributed by atoms with van der Waals surface area (Å²) < 4.78 is 11.3. The van der Waals surface area contributed by atoms with E-state index < -0.39 is 5.97 Å². The number of hydrogen-bond acceptors (Lipinski definition) is 5. The van der Waals surface area contributed by atoms with Crippen molar-refractivity contribution in [3.63, 3.8) is 0 Å². The van der Waals surface area contributed by atoms with Gasteiger partial charge in [-0.25, -0.2) is 9.59 Å². The normalized spacial score (nSPS) is 17.8. The number of carbonyl (C=O) groups is 3. The number of rotatable bonds is 7. The summed E-state index contributed by atoms with van der Waals surface area (Å²) in [5, 5.41) is 11.7. The maximum atomic E-state index is 12.8. The van der Waals surface area contributed by atoms with Crippen molar-refractivity contribution in [2.75, 3.05) is 7.11 Å². The van der Waals surface area contributed by atoms with Gasteiger partial charge in [0.25, 0.3) is 5.91 Å². The molecule has 2 aliphatic rings. The molecule has 0 spiro atoms. The number of ether oxygens (including phenoxy) is 2. The van der Waals surface area contributed by atoms with Gasteiger partial charge in [0.2, 0.25) is 0 Å². The number of methoxy groups -OCH3 is 1. The topological polar surface area (TPSA) is 105 Å². The molecule has 2 aromatic rings. The Bertz CT molecular complexity index is 1090. The van der Waals surface area contributed by atoms with Crippen molar-refractivity contribution in [3.05, 3.63) is 64.9 Å². The van der Waals surface area contributed by atoms with Crippen LogP contribution in [0.4, 0.5) is 4.79 Å². The van der Waals surface area contributed by atoms with Crippen LogP contribution in [0.15, 0.2) is 48.2 Å². The van der Waals surface area contributed by atoms with Gasteiger partial charge in [-0.1, -0.05) is 37.5 Å². The Balaban J connectivity index is 1.46. The molecule has 2 fully saturated rings. The van der Waals surface area contributed by atoms with Crippen molar-refractivity contribution in [3.8, 4) is 11.5 Å². The van der Waals surface area contributed by atoms with Crippen LogP contribution in [0.2, 0.25) is 0 Å². The number of nitrogens with zero attached hydrogens (tertiary/aromatic N) is 1. The first-order chi connectivity index (χ1) is 16.0. The Hall–Kier alpha value is -3.81. The lowest BCUT2D eigenvalue weighted by Crippen LogP contribution is -2.41. The van der Waals surface area contributed by atoms with E-state index in [9.17, 15) is 14.4 Å². The maximum Gasteiger partial charge on any atom is 0.335 e. The molecule has 172 valence electrons. The molecule has 1 aliphatic carbocycles. The van der Waals surface area contributed by atoms with E-state index in [1.165, 1.54) is 24.1 Å². The fourth-order valence-corrected chi connectivity index (χ4v) is 4.18. The summed E-state index contributed by atoms with van der Waals surface area (Å²) in [7, 11) is 1.52. The Morgan fingerprint density at radius 2 is 1.82 bits per heavy atom. The molecule has 8 heteroatoms. The third-order valence-corrected chi connectivity index (χ3v) is 5.94. The molecule has 1 saturated carbocycles. The molecule has 1 saturated heterocycles. The lowest BCUT2D eigenvalue weighted by Gasteiger charge is -2.28. The molecule has 0 radical (unpaired) electrons. The van der Waals surface area contributed by atoms with E-state index in [1.54, 1.807) is 36.4 Å². The largest absolute Gasteiger partial charge is 0.493 e. The smallest absolute Gasteiger partial charge is 0.335 e. The molecule has 1 heterocycles. The Kier molecular flexibility index (Phi) is 6.63. The van der Waals surface area contributed by atoms with Gasteiger partial charge >= 0.3 is 12.0 Å². The Morgan fingerprint density at radius 1 is 1.09 bits per heavy atom. The molecule has 0 unspecified atom stereocenters. The van der Waals surface area contributed by atoms with E-state index in [0.717, 1.165) is 37.7 Å². The first-order valence-corrected chi connectivity index (χ1v) is 11.0. The zero-order chi connectivity index (χ0) is 23.4. The zero-order valence-corrected chi connectivity index (χ0v) is 18.4. The summed E-state index contributed by atoms with van der Waals surface area (Å²) in [6, 6.07) is 11.3. The first kappa shape index (κ1) is 22.4. The van der Waals surface area contributed by atoms with Crippen molar-refractivity contribution < 1.29 is 29.0 Å². The van der Waals surface area contributed by atoms with E-state index in [-0.39, 0.29) is 35.8 Å². The molecular weight excluding hydrogens is 424 g/mol. The average molecular weight is 450 g/mol. The predicted octanol–water partition coefficient (Wildman–Crippen LogP) is 4.20. The van der Waals surface area contributed by atoms with Crippen molar-refractivity contribution in [2.45, 2.75) is 44.8 Å². The van der Waals surface area contributed by atoms with Crippen molar-refractivity contribution in [1.29, 1.82) is 0 Å². The van der Waals surface area contributed by atoms with Gasteiger partial charge < -0.3 is 19.9 Å². The number of hydrogen-bond donors (Lipinski definition) is 2. The standard InChI is InChI=1S/C25H26N2O6/c1-32-22-14-17(9-12-21(22)33-15-16-7-10-18(11-8-16)24(29)30)13-20-23(28)27(25(31)26-20)19-5-3-2-4-6-19/h7-14,19H,2-6,15H2,1H3,(H,26,31)(H,29,30)/b20-13-. The van der Waals surface area contributed by atoms with Crippen LogP contribution in [0.25, 0.3) is 6.08 Å². The highest BCUT2D eigenvalue weighted by molar-refractivity contribution is 6.14. The fourth-order valence-electron chi connectivity index (χ4n) is 4.18. The van der Waals surface area contributed by atoms with Gasteiger partial charge in [-0.05, 0) is 54.3 Å². The molecule has 0 aromatic heterocycles.